The quantitative estimate of drug-likeness (QED) is 0.361. The second-order valence-electron chi connectivity index (χ2n) is 9.62. The number of allylic oxidation sites excluding steroid dienone is 2. The van der Waals surface area contributed by atoms with Gasteiger partial charge in [-0.15, -0.1) is 0 Å². The monoisotopic (exact) mass is 564 g/mol. The highest BCUT2D eigenvalue weighted by atomic mass is 19.4. The molecule has 0 unspecified atom stereocenters. The van der Waals surface area contributed by atoms with Gasteiger partial charge in [-0.05, 0) is 27.7 Å². The molecular formula is C24H42F6N4O4. The Morgan fingerprint density at radius 3 is 1.05 bits per heavy atom. The molecule has 0 aromatic carbocycles. The van der Waals surface area contributed by atoms with Gasteiger partial charge in [-0.1, -0.05) is 23.3 Å². The van der Waals surface area contributed by atoms with Crippen molar-refractivity contribution in [1.82, 2.24) is 9.80 Å². The van der Waals surface area contributed by atoms with Crippen molar-refractivity contribution in [2.45, 2.75) is 77.8 Å². The maximum atomic E-state index is 10.5. The van der Waals surface area contributed by atoms with E-state index in [1.165, 1.54) is 63.0 Å². The number of piperidine rings is 2. The van der Waals surface area contributed by atoms with Gasteiger partial charge in [-0.25, -0.2) is 0 Å². The van der Waals surface area contributed by atoms with E-state index in [9.17, 15) is 26.3 Å². The second kappa shape index (κ2) is 19.0. The fourth-order valence-electron chi connectivity index (χ4n) is 2.96. The molecule has 14 heteroatoms. The van der Waals surface area contributed by atoms with E-state index in [-0.39, 0.29) is 0 Å². The minimum Gasteiger partial charge on any atom is -0.542 e. The molecule has 8 nitrogen and oxygen atoms in total. The number of halogens is 6. The summed E-state index contributed by atoms with van der Waals surface area (Å²) in [5.41, 5.74) is 11.0. The largest absolute Gasteiger partial charge is 0.542 e. The zero-order valence-electron chi connectivity index (χ0n) is 22.6. The minimum absolute atomic E-state index is 0.702. The molecule has 2 rings (SSSR count). The Labute approximate surface area is 220 Å². The number of likely N-dealkylation sites (tertiary alicyclic amines) is 2. The molecule has 0 saturated carbocycles. The van der Waals surface area contributed by atoms with Crippen LogP contribution in [0.5, 0.6) is 0 Å². The van der Waals surface area contributed by atoms with Gasteiger partial charge in [-0.3, -0.25) is 9.80 Å². The van der Waals surface area contributed by atoms with Crippen molar-refractivity contribution < 1.29 is 57.6 Å². The van der Waals surface area contributed by atoms with Crippen LogP contribution >= 0.6 is 0 Å². The van der Waals surface area contributed by atoms with Crippen molar-refractivity contribution in [3.63, 3.8) is 0 Å². The first-order chi connectivity index (χ1) is 17.2. The molecule has 0 aliphatic carbocycles. The van der Waals surface area contributed by atoms with Crippen LogP contribution in [0.15, 0.2) is 23.3 Å². The topological polar surface area (TPSA) is 142 Å². The maximum absolute atomic E-state index is 10.5. The molecule has 0 radical (unpaired) electrons. The molecule has 0 aromatic rings. The lowest BCUT2D eigenvalue weighted by atomic mass is 10.1. The van der Waals surface area contributed by atoms with Gasteiger partial charge in [0.05, 0.1) is 12.1 Å². The van der Waals surface area contributed by atoms with E-state index in [0.29, 0.717) is 12.1 Å². The van der Waals surface area contributed by atoms with Crippen LogP contribution in [-0.2, 0) is 9.59 Å². The van der Waals surface area contributed by atoms with Crippen LogP contribution in [0.4, 0.5) is 26.3 Å². The van der Waals surface area contributed by atoms with Crippen molar-refractivity contribution in [2.75, 3.05) is 39.3 Å². The lowest BCUT2D eigenvalue weighted by Gasteiger charge is -2.27. The van der Waals surface area contributed by atoms with E-state index >= 15 is 0 Å². The van der Waals surface area contributed by atoms with Gasteiger partial charge in [-0.2, -0.15) is 26.3 Å². The maximum Gasteiger partial charge on any atom is 0.430 e. The first kappa shape index (κ1) is 38.0. The van der Waals surface area contributed by atoms with Crippen LogP contribution in [0.3, 0.4) is 0 Å². The number of quaternary nitrogens is 2. The number of aliphatic carboxylic acids is 2. The van der Waals surface area contributed by atoms with Crippen LogP contribution in [0.25, 0.3) is 0 Å². The van der Waals surface area contributed by atoms with E-state index in [2.05, 4.69) is 61.1 Å². The summed E-state index contributed by atoms with van der Waals surface area (Å²) in [6, 6.07) is 1.40. The summed E-state index contributed by atoms with van der Waals surface area (Å²) >= 11 is 0. The number of carboxylic acid groups (broad SMARTS) is 2. The van der Waals surface area contributed by atoms with Gasteiger partial charge < -0.3 is 31.3 Å². The molecule has 0 spiro atoms. The first-order valence-electron chi connectivity index (χ1n) is 12.2. The highest BCUT2D eigenvalue weighted by Crippen LogP contribution is 2.12. The third kappa shape index (κ3) is 23.0. The van der Waals surface area contributed by atoms with Gasteiger partial charge >= 0.3 is 12.4 Å². The van der Waals surface area contributed by atoms with E-state index in [1.807, 2.05) is 0 Å². The van der Waals surface area contributed by atoms with Gasteiger partial charge in [0.15, 0.2) is 0 Å². The van der Waals surface area contributed by atoms with E-state index in [0.717, 1.165) is 13.1 Å². The molecule has 2 aliphatic heterocycles. The highest BCUT2D eigenvalue weighted by Gasteiger charge is 2.29. The Kier molecular flexibility index (Phi) is 19.0. The summed E-state index contributed by atoms with van der Waals surface area (Å²) in [5, 5.41) is 17.6. The Balaban J connectivity index is 0. The minimum atomic E-state index is -5.19. The molecular weight excluding hydrogens is 522 g/mol. The summed E-state index contributed by atoms with van der Waals surface area (Å²) < 4.78 is 63.1. The normalized spacial score (nSPS) is 17.4. The van der Waals surface area contributed by atoms with Crippen molar-refractivity contribution in [3.05, 3.63) is 23.3 Å². The average Bonchev–Trinajstić information content (AvgIpc) is 2.78. The van der Waals surface area contributed by atoms with Crippen LogP contribution < -0.4 is 21.7 Å². The third-order valence-electron chi connectivity index (χ3n) is 5.39. The Bertz CT molecular complexity index is 671. The first-order valence-corrected chi connectivity index (χ1v) is 12.2. The molecule has 2 heterocycles. The molecule has 0 atom stereocenters. The van der Waals surface area contributed by atoms with Crippen LogP contribution in [0.2, 0.25) is 0 Å². The number of carbonyl (C=O) groups is 2. The van der Waals surface area contributed by atoms with Gasteiger partial charge in [0.25, 0.3) is 0 Å². The molecule has 2 fully saturated rings. The number of nitrogens with zero attached hydrogens (tertiary/aromatic N) is 2. The number of carbonyl (C=O) groups excluding carboxylic acids is 2. The molecule has 0 bridgehead atoms. The molecule has 0 amide bonds. The smallest absolute Gasteiger partial charge is 0.430 e. The van der Waals surface area contributed by atoms with Gasteiger partial charge in [0, 0.05) is 65.0 Å². The molecule has 224 valence electrons. The van der Waals surface area contributed by atoms with Crippen molar-refractivity contribution >= 4 is 11.9 Å². The van der Waals surface area contributed by atoms with Crippen molar-refractivity contribution in [2.24, 2.45) is 0 Å². The summed E-state index contributed by atoms with van der Waals surface area (Å²) in [7, 11) is 0. The Hall–Kier alpha value is -2.16. The molecule has 0 aromatic heterocycles. The molecule has 2 saturated heterocycles. The number of hydrogen-bond acceptors (Lipinski definition) is 6. The average molecular weight is 565 g/mol. The van der Waals surface area contributed by atoms with Gasteiger partial charge in [0.2, 0.25) is 0 Å². The number of hydrogen-bond donors (Lipinski definition) is 2. The number of rotatable bonds is 4. The summed E-state index contributed by atoms with van der Waals surface area (Å²) in [4.78, 5) is 22.6. The fourth-order valence-corrected chi connectivity index (χ4v) is 2.96. The predicted molar refractivity (Wildman–Crippen MR) is 126 cm³/mol. The van der Waals surface area contributed by atoms with E-state index in [4.69, 9.17) is 19.8 Å². The van der Waals surface area contributed by atoms with Crippen LogP contribution in [-0.4, -0.2) is 85.4 Å². The summed E-state index contributed by atoms with van der Waals surface area (Å²) in [6.07, 6.45) is -0.673. The second-order valence-corrected chi connectivity index (χ2v) is 9.62. The lowest BCUT2D eigenvalue weighted by molar-refractivity contribution is -0.426. The van der Waals surface area contributed by atoms with Crippen molar-refractivity contribution in [3.8, 4) is 0 Å². The SMILES string of the molecule is CC(C)=CCN1CCC([NH3+])CC1.CC(C)=CCN1CCC([NH3+])CC1.O=C([O-])C(F)(F)F.O=C([O-])C(F)(F)F. The highest BCUT2D eigenvalue weighted by molar-refractivity contribution is 5.71. The van der Waals surface area contributed by atoms with E-state index < -0.39 is 24.3 Å². The van der Waals surface area contributed by atoms with E-state index in [1.54, 1.807) is 0 Å². The number of carboxylic acids is 2. The van der Waals surface area contributed by atoms with Gasteiger partial charge in [0.1, 0.15) is 11.9 Å². The van der Waals surface area contributed by atoms with Crippen LogP contribution in [0, 0.1) is 0 Å². The van der Waals surface area contributed by atoms with Crippen LogP contribution in [0.1, 0.15) is 53.4 Å². The fraction of sp³-hybridized carbons (Fsp3) is 0.750. The predicted octanol–water partition coefficient (Wildman–Crippen LogP) is -0.0850. The third-order valence-corrected chi connectivity index (χ3v) is 5.39. The summed E-state index contributed by atoms with van der Waals surface area (Å²) in [5.74, 6) is -6.01. The zero-order chi connectivity index (χ0) is 30.1. The zero-order valence-corrected chi connectivity index (χ0v) is 22.6. The number of alkyl halides is 6. The lowest BCUT2D eigenvalue weighted by Crippen LogP contribution is -2.64. The molecule has 38 heavy (non-hydrogen) atoms. The molecule has 6 N–H and O–H groups in total. The standard InChI is InChI=1S/2C10H20N2.2C2HF3O2/c2*1-9(2)3-6-12-7-4-10(11)5-8-12;2*3-2(4,5)1(6)7/h2*3,10H,4-8,11H2,1-2H3;2*(H,6,7). The molecule has 2 aliphatic rings. The Morgan fingerprint density at radius 1 is 0.684 bits per heavy atom. The van der Waals surface area contributed by atoms with Crippen molar-refractivity contribution in [1.29, 1.82) is 0 Å². The summed E-state index contributed by atoms with van der Waals surface area (Å²) in [6.45, 7) is 15.8. The Morgan fingerprint density at radius 2 is 0.895 bits per heavy atom.